The number of hydrogen-bond acceptors (Lipinski definition) is 2. The molecule has 2 heteroatoms. The van der Waals surface area contributed by atoms with Crippen LogP contribution in [0.3, 0.4) is 0 Å². The molecule has 0 radical (unpaired) electrons. The van der Waals surface area contributed by atoms with Crippen molar-refractivity contribution >= 4 is 0 Å². The second-order valence-electron chi connectivity index (χ2n) is 5.01. The highest BCUT2D eigenvalue weighted by Crippen LogP contribution is 2.38. The fraction of sp³-hybridized carbons (Fsp3) is 0.333. The highest BCUT2D eigenvalue weighted by Gasteiger charge is 2.14. The van der Waals surface area contributed by atoms with Gasteiger partial charge in [0.15, 0.2) is 11.5 Å². The van der Waals surface area contributed by atoms with Gasteiger partial charge in [0.25, 0.3) is 0 Å². The van der Waals surface area contributed by atoms with Crippen molar-refractivity contribution in [2.75, 3.05) is 0 Å². The molecule has 0 aliphatic rings. The van der Waals surface area contributed by atoms with Gasteiger partial charge in [-0.3, -0.25) is 0 Å². The number of benzene rings is 2. The monoisotopic (exact) mass is 270 g/mol. The first-order valence-corrected chi connectivity index (χ1v) is 7.28. The number of phenolic OH excluding ortho intramolecular Hbond substituents is 2. The fourth-order valence-corrected chi connectivity index (χ4v) is 2.64. The van der Waals surface area contributed by atoms with Crippen LogP contribution in [0.5, 0.6) is 11.5 Å². The second kappa shape index (κ2) is 6.00. The van der Waals surface area contributed by atoms with Crippen LogP contribution in [0.2, 0.25) is 0 Å². The van der Waals surface area contributed by atoms with E-state index in [2.05, 4.69) is 32.0 Å². The van der Waals surface area contributed by atoms with Crippen LogP contribution in [-0.2, 0) is 19.3 Å². The molecule has 2 rings (SSSR count). The lowest BCUT2D eigenvalue weighted by Gasteiger charge is -2.15. The molecule has 0 aliphatic carbocycles. The lowest BCUT2D eigenvalue weighted by molar-refractivity contribution is 0.400. The van der Waals surface area contributed by atoms with E-state index in [1.54, 1.807) is 6.07 Å². The molecule has 0 atom stereocenters. The fourth-order valence-electron chi connectivity index (χ4n) is 2.64. The summed E-state index contributed by atoms with van der Waals surface area (Å²) in [4.78, 5) is 0. The van der Waals surface area contributed by atoms with Gasteiger partial charge in [-0.2, -0.15) is 0 Å². The van der Waals surface area contributed by atoms with Gasteiger partial charge in [-0.05, 0) is 47.6 Å². The highest BCUT2D eigenvalue weighted by atomic mass is 16.3. The van der Waals surface area contributed by atoms with Crippen LogP contribution in [0, 0.1) is 0 Å². The lowest BCUT2D eigenvalue weighted by atomic mass is 9.90. The minimum absolute atomic E-state index is 0.00829. The Bertz CT molecular complexity index is 615. The molecule has 0 heterocycles. The highest BCUT2D eigenvalue weighted by molar-refractivity contribution is 5.75. The maximum Gasteiger partial charge on any atom is 0.161 e. The van der Waals surface area contributed by atoms with Crippen molar-refractivity contribution in [3.05, 3.63) is 47.0 Å². The Hall–Kier alpha value is -1.96. The summed E-state index contributed by atoms with van der Waals surface area (Å²) in [5.41, 5.74) is 5.55. The molecule has 0 fully saturated rings. The van der Waals surface area contributed by atoms with Crippen molar-refractivity contribution in [2.45, 2.75) is 40.0 Å². The largest absolute Gasteiger partial charge is 0.504 e. The standard InChI is InChI=1S/C18H22O2/c1-4-12-7-8-13(5-2)16(11-12)15-9-10-17(19)18(20)14(15)6-3/h7-11,19-20H,4-6H2,1-3H3. The summed E-state index contributed by atoms with van der Waals surface area (Å²) in [7, 11) is 0. The molecule has 0 amide bonds. The Morgan fingerprint density at radius 1 is 0.800 bits per heavy atom. The Morgan fingerprint density at radius 3 is 2.15 bits per heavy atom. The summed E-state index contributed by atoms with van der Waals surface area (Å²) in [6.45, 7) is 6.27. The van der Waals surface area contributed by atoms with Crippen molar-refractivity contribution < 1.29 is 10.2 Å². The van der Waals surface area contributed by atoms with Gasteiger partial charge in [0, 0.05) is 5.56 Å². The van der Waals surface area contributed by atoms with E-state index in [4.69, 9.17) is 0 Å². The molecule has 2 aromatic rings. The Morgan fingerprint density at radius 2 is 1.55 bits per heavy atom. The van der Waals surface area contributed by atoms with E-state index >= 15 is 0 Å². The normalized spacial score (nSPS) is 10.8. The first kappa shape index (κ1) is 14.4. The van der Waals surface area contributed by atoms with E-state index in [1.165, 1.54) is 16.7 Å². The zero-order valence-corrected chi connectivity index (χ0v) is 12.4. The van der Waals surface area contributed by atoms with Gasteiger partial charge in [0.1, 0.15) is 0 Å². The van der Waals surface area contributed by atoms with Gasteiger partial charge in [-0.25, -0.2) is 0 Å². The Balaban J connectivity index is 2.70. The molecular weight excluding hydrogens is 248 g/mol. The van der Waals surface area contributed by atoms with Crippen LogP contribution in [0.4, 0.5) is 0 Å². The first-order valence-electron chi connectivity index (χ1n) is 7.28. The predicted octanol–water partition coefficient (Wildman–Crippen LogP) is 4.45. The zero-order chi connectivity index (χ0) is 14.7. The average Bonchev–Trinajstić information content (AvgIpc) is 2.49. The molecular formula is C18H22O2. The number of aryl methyl sites for hydroxylation is 2. The third-order valence-electron chi connectivity index (χ3n) is 3.87. The molecule has 20 heavy (non-hydrogen) atoms. The third kappa shape index (κ3) is 2.51. The summed E-state index contributed by atoms with van der Waals surface area (Å²) < 4.78 is 0. The minimum Gasteiger partial charge on any atom is -0.504 e. The SMILES string of the molecule is CCc1ccc(CC)c(-c2ccc(O)c(O)c2CC)c1. The third-order valence-corrected chi connectivity index (χ3v) is 3.87. The topological polar surface area (TPSA) is 40.5 Å². The molecule has 0 bridgehead atoms. The van der Waals surface area contributed by atoms with Crippen molar-refractivity contribution in [3.8, 4) is 22.6 Å². The van der Waals surface area contributed by atoms with E-state index in [1.807, 2.05) is 13.0 Å². The summed E-state index contributed by atoms with van der Waals surface area (Å²) in [5.74, 6) is -0.0377. The second-order valence-corrected chi connectivity index (χ2v) is 5.01. The lowest BCUT2D eigenvalue weighted by Crippen LogP contribution is -1.95. The van der Waals surface area contributed by atoms with E-state index in [9.17, 15) is 10.2 Å². The van der Waals surface area contributed by atoms with E-state index in [-0.39, 0.29) is 11.5 Å². The number of rotatable bonds is 4. The molecule has 0 aromatic heterocycles. The maximum atomic E-state index is 10.1. The van der Waals surface area contributed by atoms with Crippen LogP contribution in [0.25, 0.3) is 11.1 Å². The van der Waals surface area contributed by atoms with E-state index in [0.29, 0.717) is 6.42 Å². The van der Waals surface area contributed by atoms with Crippen molar-refractivity contribution in [1.82, 2.24) is 0 Å². The molecule has 0 saturated heterocycles. The first-order chi connectivity index (χ1) is 9.62. The maximum absolute atomic E-state index is 10.1. The van der Waals surface area contributed by atoms with Gasteiger partial charge in [-0.15, -0.1) is 0 Å². The van der Waals surface area contributed by atoms with Gasteiger partial charge in [0.2, 0.25) is 0 Å². The molecule has 2 nitrogen and oxygen atoms in total. The van der Waals surface area contributed by atoms with Gasteiger partial charge >= 0.3 is 0 Å². The summed E-state index contributed by atoms with van der Waals surface area (Å²) in [6, 6.07) is 10.00. The Labute approximate surface area is 120 Å². The quantitative estimate of drug-likeness (QED) is 0.806. The van der Waals surface area contributed by atoms with Crippen LogP contribution < -0.4 is 0 Å². The predicted molar refractivity (Wildman–Crippen MR) is 83.3 cm³/mol. The van der Waals surface area contributed by atoms with Crippen molar-refractivity contribution in [2.24, 2.45) is 0 Å². The molecule has 0 aliphatic heterocycles. The van der Waals surface area contributed by atoms with E-state index in [0.717, 1.165) is 24.0 Å². The molecule has 106 valence electrons. The smallest absolute Gasteiger partial charge is 0.161 e. The zero-order valence-electron chi connectivity index (χ0n) is 12.4. The van der Waals surface area contributed by atoms with Gasteiger partial charge in [-0.1, -0.05) is 45.0 Å². The Kier molecular flexibility index (Phi) is 4.33. The molecule has 2 N–H and O–H groups in total. The van der Waals surface area contributed by atoms with Crippen LogP contribution in [0.1, 0.15) is 37.5 Å². The van der Waals surface area contributed by atoms with E-state index < -0.39 is 0 Å². The molecule has 2 aromatic carbocycles. The molecule has 0 spiro atoms. The van der Waals surface area contributed by atoms with Gasteiger partial charge < -0.3 is 10.2 Å². The molecule has 0 unspecified atom stereocenters. The molecule has 0 saturated carbocycles. The van der Waals surface area contributed by atoms with Crippen molar-refractivity contribution in [3.63, 3.8) is 0 Å². The number of phenols is 2. The number of aromatic hydroxyl groups is 2. The minimum atomic E-state index is -0.0460. The summed E-state index contributed by atoms with van der Waals surface area (Å²) in [6.07, 6.45) is 2.63. The van der Waals surface area contributed by atoms with Gasteiger partial charge in [0.05, 0.1) is 0 Å². The van der Waals surface area contributed by atoms with Crippen LogP contribution in [-0.4, -0.2) is 10.2 Å². The summed E-state index contributed by atoms with van der Waals surface area (Å²) in [5, 5.41) is 19.8. The van der Waals surface area contributed by atoms with Crippen molar-refractivity contribution in [1.29, 1.82) is 0 Å². The average molecular weight is 270 g/mol. The summed E-state index contributed by atoms with van der Waals surface area (Å²) >= 11 is 0. The van der Waals surface area contributed by atoms with Crippen LogP contribution >= 0.6 is 0 Å². The van der Waals surface area contributed by atoms with Crippen LogP contribution in [0.15, 0.2) is 30.3 Å². The number of hydrogen-bond donors (Lipinski definition) is 2.